The molecule has 0 bridgehead atoms. The van der Waals surface area contributed by atoms with Gasteiger partial charge in [-0.3, -0.25) is 9.59 Å². The first-order chi connectivity index (χ1) is 17.3. The number of hydrogen-bond acceptors (Lipinski definition) is 2. The van der Waals surface area contributed by atoms with Crippen molar-refractivity contribution in [1.82, 2.24) is 10.2 Å². The molecule has 0 saturated carbocycles. The number of nitrogens with zero attached hydrogens (tertiary/aromatic N) is 1. The second-order valence-electron chi connectivity index (χ2n) is 8.45. The average Bonchev–Trinajstić information content (AvgIpc) is 2.86. The molecule has 0 unspecified atom stereocenters. The lowest BCUT2D eigenvalue weighted by atomic mass is 10.0. The Labute approximate surface area is 232 Å². The molecule has 0 aliphatic heterocycles. The van der Waals surface area contributed by atoms with Gasteiger partial charge in [0.1, 0.15) is 6.04 Å². The molecule has 0 aliphatic rings. The van der Waals surface area contributed by atoms with Crippen LogP contribution in [0.4, 0.5) is 0 Å². The number of rotatable bonds is 11. The van der Waals surface area contributed by atoms with Gasteiger partial charge in [0.2, 0.25) is 11.8 Å². The largest absolute Gasteiger partial charge is 0.354 e. The van der Waals surface area contributed by atoms with E-state index in [1.54, 1.807) is 36.4 Å². The van der Waals surface area contributed by atoms with E-state index in [4.69, 9.17) is 46.4 Å². The highest BCUT2D eigenvalue weighted by Crippen LogP contribution is 2.29. The molecule has 0 radical (unpaired) electrons. The van der Waals surface area contributed by atoms with Crippen LogP contribution in [0, 0.1) is 0 Å². The summed E-state index contributed by atoms with van der Waals surface area (Å²) in [6.07, 6.45) is 2.02. The summed E-state index contributed by atoms with van der Waals surface area (Å²) in [5.41, 5.74) is 2.00. The molecule has 2 amide bonds. The van der Waals surface area contributed by atoms with Crippen LogP contribution < -0.4 is 5.32 Å². The summed E-state index contributed by atoms with van der Waals surface area (Å²) >= 11 is 25.7. The summed E-state index contributed by atoms with van der Waals surface area (Å²) in [7, 11) is 0. The van der Waals surface area contributed by atoms with E-state index < -0.39 is 6.04 Å². The Morgan fingerprint density at radius 1 is 0.806 bits per heavy atom. The molecule has 0 spiro atoms. The summed E-state index contributed by atoms with van der Waals surface area (Å²) in [4.78, 5) is 28.9. The maximum Gasteiger partial charge on any atom is 0.243 e. The molecule has 0 aromatic heterocycles. The number of benzene rings is 3. The van der Waals surface area contributed by atoms with E-state index in [0.29, 0.717) is 44.2 Å². The quantitative estimate of drug-likeness (QED) is 0.246. The van der Waals surface area contributed by atoms with Crippen LogP contribution in [-0.2, 0) is 29.0 Å². The number of nitrogens with one attached hydrogen (secondary N) is 1. The van der Waals surface area contributed by atoms with Gasteiger partial charge in [0.25, 0.3) is 0 Å². The van der Waals surface area contributed by atoms with Gasteiger partial charge in [0.05, 0.1) is 6.42 Å². The Balaban J connectivity index is 2.03. The fraction of sp³-hybridized carbons (Fsp3) is 0.286. The van der Waals surface area contributed by atoms with Gasteiger partial charge in [-0.2, -0.15) is 0 Å². The molecule has 8 heteroatoms. The fourth-order valence-corrected chi connectivity index (χ4v) is 4.92. The number of unbranched alkanes of at least 4 members (excludes halogenated alkanes) is 1. The molecule has 3 aromatic carbocycles. The Bertz CT molecular complexity index is 1150. The minimum atomic E-state index is -0.801. The maximum atomic E-state index is 13.9. The summed E-state index contributed by atoms with van der Waals surface area (Å²) < 4.78 is 0. The number of carbonyl (C=O) groups excluding carboxylic acids is 2. The van der Waals surface area contributed by atoms with E-state index in [0.717, 1.165) is 18.4 Å². The molecule has 0 aliphatic carbocycles. The minimum absolute atomic E-state index is 0.0537. The third kappa shape index (κ3) is 7.63. The van der Waals surface area contributed by atoms with Crippen molar-refractivity contribution in [2.24, 2.45) is 0 Å². The topological polar surface area (TPSA) is 49.4 Å². The van der Waals surface area contributed by atoms with Gasteiger partial charge in [0.15, 0.2) is 0 Å². The smallest absolute Gasteiger partial charge is 0.243 e. The average molecular weight is 566 g/mol. The first-order valence-electron chi connectivity index (χ1n) is 11.8. The van der Waals surface area contributed by atoms with Crippen molar-refractivity contribution in [2.45, 2.75) is 45.2 Å². The lowest BCUT2D eigenvalue weighted by molar-refractivity contribution is -0.140. The third-order valence-electron chi connectivity index (χ3n) is 5.88. The lowest BCUT2D eigenvalue weighted by Gasteiger charge is -2.32. The summed E-state index contributed by atoms with van der Waals surface area (Å²) in [5.74, 6) is -0.554. The molecule has 36 heavy (non-hydrogen) atoms. The standard InChI is InChI=1S/C28H28Cl4N2O2/c1-2-3-15-33-28(36)26(16-19-9-5-4-6-10-19)34(18-21-24(31)13-8-14-25(21)32)27(35)17-20-22(29)11-7-12-23(20)30/h4-14,26H,2-3,15-18H2,1H3,(H,33,36)/t26-/m0/s1. The van der Waals surface area contributed by atoms with E-state index in [-0.39, 0.29) is 24.8 Å². The first kappa shape index (κ1) is 28.3. The molecule has 1 atom stereocenters. The highest BCUT2D eigenvalue weighted by atomic mass is 35.5. The van der Waals surface area contributed by atoms with Crippen molar-refractivity contribution in [1.29, 1.82) is 0 Å². The summed E-state index contributed by atoms with van der Waals surface area (Å²) in [6, 6.07) is 19.0. The van der Waals surface area contributed by atoms with Gasteiger partial charge in [-0.25, -0.2) is 0 Å². The fourth-order valence-electron chi connectivity index (χ4n) is 3.87. The van der Waals surface area contributed by atoms with Crippen LogP contribution in [0.5, 0.6) is 0 Å². The summed E-state index contributed by atoms with van der Waals surface area (Å²) in [5, 5.41) is 4.60. The number of halogens is 4. The molecule has 0 heterocycles. The normalized spacial score (nSPS) is 11.7. The SMILES string of the molecule is CCCCNC(=O)[C@H](Cc1ccccc1)N(Cc1c(Cl)cccc1Cl)C(=O)Cc1c(Cl)cccc1Cl. The Morgan fingerprint density at radius 2 is 1.36 bits per heavy atom. The van der Waals surface area contributed by atoms with E-state index >= 15 is 0 Å². The third-order valence-corrected chi connectivity index (χ3v) is 7.30. The zero-order chi connectivity index (χ0) is 26.1. The van der Waals surface area contributed by atoms with Gasteiger partial charge < -0.3 is 10.2 Å². The predicted molar refractivity (Wildman–Crippen MR) is 149 cm³/mol. The molecule has 0 saturated heterocycles. The zero-order valence-electron chi connectivity index (χ0n) is 19.9. The van der Waals surface area contributed by atoms with Gasteiger partial charge in [-0.05, 0) is 41.8 Å². The number of hydrogen-bond donors (Lipinski definition) is 1. The zero-order valence-corrected chi connectivity index (χ0v) is 23.0. The molecular formula is C28H28Cl4N2O2. The molecule has 190 valence electrons. The van der Waals surface area contributed by atoms with Crippen LogP contribution in [0.15, 0.2) is 66.7 Å². The van der Waals surface area contributed by atoms with Crippen LogP contribution in [-0.4, -0.2) is 29.3 Å². The van der Waals surface area contributed by atoms with Crippen molar-refractivity contribution in [2.75, 3.05) is 6.54 Å². The molecule has 0 fully saturated rings. The first-order valence-corrected chi connectivity index (χ1v) is 13.3. The minimum Gasteiger partial charge on any atom is -0.354 e. The van der Waals surface area contributed by atoms with Crippen molar-refractivity contribution in [3.63, 3.8) is 0 Å². The van der Waals surface area contributed by atoms with Gasteiger partial charge >= 0.3 is 0 Å². The highest BCUT2D eigenvalue weighted by Gasteiger charge is 2.31. The maximum absolute atomic E-state index is 13.9. The highest BCUT2D eigenvalue weighted by molar-refractivity contribution is 6.36. The van der Waals surface area contributed by atoms with Crippen molar-refractivity contribution >= 4 is 58.2 Å². The van der Waals surface area contributed by atoms with E-state index in [1.807, 2.05) is 30.3 Å². The van der Waals surface area contributed by atoms with Gasteiger partial charge in [0, 0.05) is 45.2 Å². The second kappa shape index (κ2) is 13.9. The van der Waals surface area contributed by atoms with Crippen LogP contribution >= 0.6 is 46.4 Å². The Kier molecular flexibility index (Phi) is 10.9. The molecule has 4 nitrogen and oxygen atoms in total. The van der Waals surface area contributed by atoms with Crippen molar-refractivity contribution in [3.05, 3.63) is 104 Å². The molecular weight excluding hydrogens is 538 g/mol. The van der Waals surface area contributed by atoms with E-state index in [2.05, 4.69) is 12.2 Å². The van der Waals surface area contributed by atoms with Crippen LogP contribution in [0.25, 0.3) is 0 Å². The lowest BCUT2D eigenvalue weighted by Crippen LogP contribution is -2.51. The number of carbonyl (C=O) groups is 2. The predicted octanol–water partition coefficient (Wildman–Crippen LogP) is 7.40. The van der Waals surface area contributed by atoms with E-state index in [9.17, 15) is 9.59 Å². The Hall–Kier alpha value is -2.24. The van der Waals surface area contributed by atoms with Crippen molar-refractivity contribution in [3.8, 4) is 0 Å². The van der Waals surface area contributed by atoms with E-state index in [1.165, 1.54) is 4.90 Å². The van der Waals surface area contributed by atoms with Crippen LogP contribution in [0.1, 0.15) is 36.5 Å². The number of amides is 2. The molecule has 1 N–H and O–H groups in total. The summed E-state index contributed by atoms with van der Waals surface area (Å²) in [6.45, 7) is 2.63. The van der Waals surface area contributed by atoms with Crippen LogP contribution in [0.2, 0.25) is 20.1 Å². The molecule has 3 rings (SSSR count). The van der Waals surface area contributed by atoms with Crippen molar-refractivity contribution < 1.29 is 9.59 Å². The van der Waals surface area contributed by atoms with Crippen LogP contribution in [0.3, 0.4) is 0 Å². The van der Waals surface area contributed by atoms with Gasteiger partial charge in [-0.1, -0.05) is 102 Å². The van der Waals surface area contributed by atoms with Gasteiger partial charge in [-0.15, -0.1) is 0 Å². The monoisotopic (exact) mass is 564 g/mol. The Morgan fingerprint density at radius 3 is 1.92 bits per heavy atom. The second-order valence-corrected chi connectivity index (χ2v) is 10.1. The molecule has 3 aromatic rings.